The average molecular weight is 404 g/mol. The molecule has 0 aliphatic carbocycles. The highest BCUT2D eigenvalue weighted by Crippen LogP contribution is 2.14. The van der Waals surface area contributed by atoms with Gasteiger partial charge < -0.3 is 15.0 Å². The van der Waals surface area contributed by atoms with Gasteiger partial charge in [0.25, 0.3) is 5.91 Å². The van der Waals surface area contributed by atoms with E-state index in [0.717, 1.165) is 6.42 Å². The molecule has 0 bridgehead atoms. The zero-order valence-corrected chi connectivity index (χ0v) is 16.8. The van der Waals surface area contributed by atoms with Crippen LogP contribution in [0.4, 0.5) is 8.78 Å². The van der Waals surface area contributed by atoms with Gasteiger partial charge in [0.05, 0.1) is 0 Å². The fraction of sp³-hybridized carbons (Fsp3) is 0.364. The van der Waals surface area contributed by atoms with Gasteiger partial charge in [-0.15, -0.1) is 0 Å². The third-order valence-electron chi connectivity index (χ3n) is 4.61. The number of hydrogen-bond acceptors (Lipinski definition) is 3. The minimum atomic E-state index is -0.752. The molecule has 0 aromatic heterocycles. The number of carbonyl (C=O) groups is 2. The summed E-state index contributed by atoms with van der Waals surface area (Å²) in [6.07, 6.45) is 0.762. The number of hydrogen-bond donors (Lipinski definition) is 1. The largest absolute Gasteiger partial charge is 0.484 e. The summed E-state index contributed by atoms with van der Waals surface area (Å²) in [5, 5.41) is 2.86. The number of carbonyl (C=O) groups excluding carboxylic acids is 2. The summed E-state index contributed by atoms with van der Waals surface area (Å²) < 4.78 is 31.7. The maximum Gasteiger partial charge on any atom is 0.261 e. The molecule has 0 radical (unpaired) electrons. The standard InChI is InChI=1S/C22H26F2N2O3/c1-4-15(2)25-22(28)16(3)26(13-17-5-7-18(23)8-6-17)21(27)14-29-20-11-9-19(24)10-12-20/h5-12,15-16H,4,13-14H2,1-3H3,(H,25,28). The molecule has 0 aliphatic rings. The van der Waals surface area contributed by atoms with Crippen molar-refractivity contribution >= 4 is 11.8 Å². The molecule has 7 heteroatoms. The molecule has 156 valence electrons. The van der Waals surface area contributed by atoms with Crippen LogP contribution in [0, 0.1) is 11.6 Å². The fourth-order valence-electron chi connectivity index (χ4n) is 2.59. The van der Waals surface area contributed by atoms with Crippen LogP contribution in [0.5, 0.6) is 5.75 Å². The van der Waals surface area contributed by atoms with E-state index in [9.17, 15) is 18.4 Å². The Hall–Kier alpha value is -2.96. The minimum Gasteiger partial charge on any atom is -0.484 e. The van der Waals surface area contributed by atoms with Crippen molar-refractivity contribution in [1.29, 1.82) is 0 Å². The lowest BCUT2D eigenvalue weighted by molar-refractivity contribution is -0.142. The van der Waals surface area contributed by atoms with E-state index in [1.54, 1.807) is 19.1 Å². The van der Waals surface area contributed by atoms with E-state index < -0.39 is 17.8 Å². The van der Waals surface area contributed by atoms with Gasteiger partial charge in [-0.05, 0) is 62.2 Å². The maximum absolute atomic E-state index is 13.2. The Kier molecular flexibility index (Phi) is 8.12. The van der Waals surface area contributed by atoms with Crippen LogP contribution in [-0.2, 0) is 16.1 Å². The van der Waals surface area contributed by atoms with Gasteiger partial charge in [0.2, 0.25) is 5.91 Å². The summed E-state index contributed by atoms with van der Waals surface area (Å²) >= 11 is 0. The summed E-state index contributed by atoms with van der Waals surface area (Å²) in [6.45, 7) is 5.29. The van der Waals surface area contributed by atoms with Gasteiger partial charge in [0.1, 0.15) is 23.4 Å². The zero-order chi connectivity index (χ0) is 21.4. The molecular formula is C22H26F2N2O3. The highest BCUT2D eigenvalue weighted by molar-refractivity contribution is 5.88. The van der Waals surface area contributed by atoms with E-state index in [-0.39, 0.29) is 30.9 Å². The predicted octanol–water partition coefficient (Wildman–Crippen LogP) is 3.68. The van der Waals surface area contributed by atoms with Gasteiger partial charge in [-0.1, -0.05) is 19.1 Å². The van der Waals surface area contributed by atoms with Gasteiger partial charge in [-0.2, -0.15) is 0 Å². The van der Waals surface area contributed by atoms with Crippen molar-refractivity contribution in [2.45, 2.75) is 45.8 Å². The van der Waals surface area contributed by atoms with Crippen LogP contribution in [-0.4, -0.2) is 35.4 Å². The third kappa shape index (κ3) is 6.85. The van der Waals surface area contributed by atoms with E-state index in [0.29, 0.717) is 11.3 Å². The minimum absolute atomic E-state index is 0.0248. The van der Waals surface area contributed by atoms with Crippen molar-refractivity contribution in [2.75, 3.05) is 6.61 Å². The number of ether oxygens (including phenoxy) is 1. The molecule has 0 heterocycles. The van der Waals surface area contributed by atoms with E-state index in [4.69, 9.17) is 4.74 Å². The highest BCUT2D eigenvalue weighted by Gasteiger charge is 2.27. The quantitative estimate of drug-likeness (QED) is 0.694. The Morgan fingerprint density at radius 3 is 2.10 bits per heavy atom. The Bertz CT molecular complexity index is 810. The molecule has 2 unspecified atom stereocenters. The molecule has 2 amide bonds. The summed E-state index contributed by atoms with van der Waals surface area (Å²) in [6, 6.07) is 10.3. The second-order valence-corrected chi connectivity index (χ2v) is 6.88. The molecule has 0 fully saturated rings. The first-order chi connectivity index (χ1) is 13.8. The monoisotopic (exact) mass is 404 g/mol. The smallest absolute Gasteiger partial charge is 0.261 e. The van der Waals surface area contributed by atoms with E-state index in [1.165, 1.54) is 41.3 Å². The van der Waals surface area contributed by atoms with Crippen LogP contribution < -0.4 is 10.1 Å². The first kappa shape index (κ1) is 22.3. The zero-order valence-electron chi connectivity index (χ0n) is 16.8. The Morgan fingerprint density at radius 2 is 1.55 bits per heavy atom. The SMILES string of the molecule is CCC(C)NC(=O)C(C)N(Cc1ccc(F)cc1)C(=O)COc1ccc(F)cc1. The van der Waals surface area contributed by atoms with Crippen molar-refractivity contribution in [3.05, 3.63) is 65.7 Å². The number of rotatable bonds is 9. The van der Waals surface area contributed by atoms with Gasteiger partial charge in [-0.25, -0.2) is 8.78 Å². The summed E-state index contributed by atoms with van der Waals surface area (Å²) in [5.74, 6) is -1.13. The van der Waals surface area contributed by atoms with Gasteiger partial charge in [-0.3, -0.25) is 9.59 Å². The number of nitrogens with zero attached hydrogens (tertiary/aromatic N) is 1. The molecule has 0 aliphatic heterocycles. The molecule has 2 rings (SSSR count). The van der Waals surface area contributed by atoms with E-state index in [1.807, 2.05) is 13.8 Å². The van der Waals surface area contributed by atoms with Crippen LogP contribution in [0.3, 0.4) is 0 Å². The molecule has 2 aromatic carbocycles. The molecule has 2 aromatic rings. The molecule has 0 saturated carbocycles. The number of halogens is 2. The van der Waals surface area contributed by atoms with Crippen molar-refractivity contribution < 1.29 is 23.1 Å². The molecule has 0 spiro atoms. The van der Waals surface area contributed by atoms with E-state index >= 15 is 0 Å². The van der Waals surface area contributed by atoms with Gasteiger partial charge in [0.15, 0.2) is 6.61 Å². The van der Waals surface area contributed by atoms with Crippen molar-refractivity contribution in [3.63, 3.8) is 0 Å². The van der Waals surface area contributed by atoms with Crippen LogP contribution in [0.1, 0.15) is 32.8 Å². The molecule has 5 nitrogen and oxygen atoms in total. The number of benzene rings is 2. The first-order valence-electron chi connectivity index (χ1n) is 9.52. The topological polar surface area (TPSA) is 58.6 Å². The summed E-state index contributed by atoms with van der Waals surface area (Å²) in [4.78, 5) is 26.8. The predicted molar refractivity (Wildman–Crippen MR) is 106 cm³/mol. The lowest BCUT2D eigenvalue weighted by Crippen LogP contribution is -2.50. The second kappa shape index (κ2) is 10.5. The van der Waals surface area contributed by atoms with Crippen molar-refractivity contribution in [2.24, 2.45) is 0 Å². The van der Waals surface area contributed by atoms with Gasteiger partial charge >= 0.3 is 0 Å². The Balaban J connectivity index is 2.13. The van der Waals surface area contributed by atoms with Crippen molar-refractivity contribution in [3.8, 4) is 5.75 Å². The van der Waals surface area contributed by atoms with Gasteiger partial charge in [0, 0.05) is 12.6 Å². The molecule has 2 atom stereocenters. The molecular weight excluding hydrogens is 378 g/mol. The number of amides is 2. The normalized spacial score (nSPS) is 12.7. The van der Waals surface area contributed by atoms with Crippen LogP contribution in [0.2, 0.25) is 0 Å². The molecule has 0 saturated heterocycles. The lowest BCUT2D eigenvalue weighted by atomic mass is 10.1. The third-order valence-corrected chi connectivity index (χ3v) is 4.61. The van der Waals surface area contributed by atoms with Crippen LogP contribution in [0.15, 0.2) is 48.5 Å². The first-order valence-corrected chi connectivity index (χ1v) is 9.52. The fourth-order valence-corrected chi connectivity index (χ4v) is 2.59. The van der Waals surface area contributed by atoms with Crippen LogP contribution in [0.25, 0.3) is 0 Å². The maximum atomic E-state index is 13.2. The molecule has 29 heavy (non-hydrogen) atoms. The van der Waals surface area contributed by atoms with Crippen molar-refractivity contribution in [1.82, 2.24) is 10.2 Å². The second-order valence-electron chi connectivity index (χ2n) is 6.88. The summed E-state index contributed by atoms with van der Waals surface area (Å²) in [7, 11) is 0. The Labute approximate surface area is 169 Å². The Morgan fingerprint density at radius 1 is 1.00 bits per heavy atom. The van der Waals surface area contributed by atoms with Crippen LogP contribution >= 0.6 is 0 Å². The van der Waals surface area contributed by atoms with E-state index in [2.05, 4.69) is 5.32 Å². The highest BCUT2D eigenvalue weighted by atomic mass is 19.1. The average Bonchev–Trinajstić information content (AvgIpc) is 2.72. The summed E-state index contributed by atoms with van der Waals surface area (Å²) in [5.41, 5.74) is 0.685. The lowest BCUT2D eigenvalue weighted by Gasteiger charge is -2.29. The molecule has 1 N–H and O–H groups in total. The number of nitrogens with one attached hydrogen (secondary N) is 1.